The Morgan fingerprint density at radius 2 is 1.90 bits per heavy atom. The smallest absolute Gasteiger partial charge is 0.384 e. The van der Waals surface area contributed by atoms with Crippen molar-refractivity contribution < 1.29 is 13.2 Å². The Labute approximate surface area is 127 Å². The fraction of sp³-hybridized carbons (Fsp3) is 0.214. The first-order valence-corrected chi connectivity index (χ1v) is 6.72. The van der Waals surface area contributed by atoms with Crippen molar-refractivity contribution in [2.24, 2.45) is 0 Å². The molecule has 0 radical (unpaired) electrons. The Balaban J connectivity index is 2.73. The second kappa shape index (κ2) is 5.11. The molecule has 0 aliphatic rings. The SMILES string of the molecule is Cc1c(C#N)c(N)n(-c2ccc(Br)c(C(F)(F)F)c2)c1C. The van der Waals surface area contributed by atoms with Gasteiger partial charge in [0.15, 0.2) is 0 Å². The first-order chi connectivity index (χ1) is 9.68. The largest absolute Gasteiger partial charge is 0.417 e. The van der Waals surface area contributed by atoms with Crippen LogP contribution in [0.25, 0.3) is 5.69 Å². The molecule has 7 heteroatoms. The van der Waals surface area contributed by atoms with Gasteiger partial charge in [-0.05, 0) is 37.6 Å². The summed E-state index contributed by atoms with van der Waals surface area (Å²) in [5.41, 5.74) is 6.95. The van der Waals surface area contributed by atoms with E-state index in [0.29, 0.717) is 11.3 Å². The predicted molar refractivity (Wildman–Crippen MR) is 77.1 cm³/mol. The number of anilines is 1. The summed E-state index contributed by atoms with van der Waals surface area (Å²) in [6, 6.07) is 5.82. The van der Waals surface area contributed by atoms with E-state index in [1.54, 1.807) is 13.8 Å². The topological polar surface area (TPSA) is 54.7 Å². The number of aromatic nitrogens is 1. The van der Waals surface area contributed by atoms with Crippen LogP contribution in [0.2, 0.25) is 0 Å². The van der Waals surface area contributed by atoms with Gasteiger partial charge in [0.05, 0.1) is 11.1 Å². The van der Waals surface area contributed by atoms with Gasteiger partial charge in [-0.15, -0.1) is 0 Å². The van der Waals surface area contributed by atoms with Gasteiger partial charge in [-0.3, -0.25) is 4.57 Å². The van der Waals surface area contributed by atoms with E-state index in [9.17, 15) is 13.2 Å². The molecule has 1 aromatic heterocycles. The highest BCUT2D eigenvalue weighted by molar-refractivity contribution is 9.10. The van der Waals surface area contributed by atoms with Gasteiger partial charge in [0.1, 0.15) is 11.9 Å². The molecule has 2 rings (SSSR count). The van der Waals surface area contributed by atoms with E-state index in [1.807, 2.05) is 6.07 Å². The molecule has 0 aliphatic carbocycles. The zero-order chi connectivity index (χ0) is 15.9. The van der Waals surface area contributed by atoms with Crippen LogP contribution in [0.15, 0.2) is 22.7 Å². The molecule has 0 unspecified atom stereocenters. The minimum Gasteiger partial charge on any atom is -0.384 e. The average Bonchev–Trinajstić information content (AvgIpc) is 2.60. The van der Waals surface area contributed by atoms with Gasteiger partial charge in [0, 0.05) is 15.9 Å². The first-order valence-electron chi connectivity index (χ1n) is 5.93. The van der Waals surface area contributed by atoms with E-state index in [-0.39, 0.29) is 21.5 Å². The van der Waals surface area contributed by atoms with Crippen molar-refractivity contribution in [2.75, 3.05) is 5.73 Å². The lowest BCUT2D eigenvalue weighted by atomic mass is 10.2. The summed E-state index contributed by atoms with van der Waals surface area (Å²) in [4.78, 5) is 0. The van der Waals surface area contributed by atoms with Crippen molar-refractivity contribution >= 4 is 21.7 Å². The Hall–Kier alpha value is -1.94. The fourth-order valence-electron chi connectivity index (χ4n) is 2.18. The molecule has 0 fully saturated rings. The molecule has 0 saturated heterocycles. The third kappa shape index (κ3) is 2.51. The van der Waals surface area contributed by atoms with Gasteiger partial charge in [-0.2, -0.15) is 18.4 Å². The quantitative estimate of drug-likeness (QED) is 0.825. The lowest BCUT2D eigenvalue weighted by Gasteiger charge is -2.14. The summed E-state index contributed by atoms with van der Waals surface area (Å²) < 4.78 is 40.3. The predicted octanol–water partition coefficient (Wildman–Crippen LogP) is 4.33. The number of alkyl halides is 3. The van der Waals surface area contributed by atoms with Crippen LogP contribution < -0.4 is 5.73 Å². The number of rotatable bonds is 1. The van der Waals surface area contributed by atoms with Crippen molar-refractivity contribution in [1.29, 1.82) is 5.26 Å². The van der Waals surface area contributed by atoms with Crippen LogP contribution in [-0.2, 0) is 6.18 Å². The van der Waals surface area contributed by atoms with Gasteiger partial charge in [-0.1, -0.05) is 15.9 Å². The number of hydrogen-bond donors (Lipinski definition) is 1. The Morgan fingerprint density at radius 3 is 2.38 bits per heavy atom. The number of benzene rings is 1. The summed E-state index contributed by atoms with van der Waals surface area (Å²) in [7, 11) is 0. The molecule has 0 atom stereocenters. The van der Waals surface area contributed by atoms with Gasteiger partial charge in [-0.25, -0.2) is 0 Å². The molecule has 1 heterocycles. The zero-order valence-corrected chi connectivity index (χ0v) is 12.8. The number of nitrogen functional groups attached to an aromatic ring is 1. The standard InChI is InChI=1S/C14H11BrF3N3/c1-7-8(2)21(13(20)10(7)6-19)9-3-4-12(15)11(5-9)14(16,17)18/h3-5H,20H2,1-2H3. The lowest BCUT2D eigenvalue weighted by Crippen LogP contribution is -2.09. The van der Waals surface area contributed by atoms with Crippen molar-refractivity contribution in [3.05, 3.63) is 45.1 Å². The second-order valence-electron chi connectivity index (χ2n) is 4.58. The van der Waals surface area contributed by atoms with Gasteiger partial charge in [0.2, 0.25) is 0 Å². The minimum atomic E-state index is -4.47. The van der Waals surface area contributed by atoms with Crippen LogP contribution in [-0.4, -0.2) is 4.57 Å². The first kappa shape index (κ1) is 15.4. The Bertz CT molecular complexity index is 754. The second-order valence-corrected chi connectivity index (χ2v) is 5.43. The monoisotopic (exact) mass is 357 g/mol. The highest BCUT2D eigenvalue weighted by Gasteiger charge is 2.33. The third-order valence-electron chi connectivity index (χ3n) is 3.38. The molecule has 21 heavy (non-hydrogen) atoms. The number of nitriles is 1. The van der Waals surface area contributed by atoms with E-state index in [2.05, 4.69) is 15.9 Å². The maximum atomic E-state index is 13.0. The van der Waals surface area contributed by atoms with Crippen molar-refractivity contribution in [3.63, 3.8) is 0 Å². The summed E-state index contributed by atoms with van der Waals surface area (Å²) >= 11 is 2.90. The maximum Gasteiger partial charge on any atom is 0.417 e. The number of halogens is 4. The highest BCUT2D eigenvalue weighted by atomic mass is 79.9. The summed E-state index contributed by atoms with van der Waals surface area (Å²) in [6.45, 7) is 3.42. The van der Waals surface area contributed by atoms with Crippen molar-refractivity contribution in [3.8, 4) is 11.8 Å². The molecule has 0 bridgehead atoms. The summed E-state index contributed by atoms with van der Waals surface area (Å²) in [5, 5.41) is 9.08. The molecule has 110 valence electrons. The lowest BCUT2D eigenvalue weighted by molar-refractivity contribution is -0.138. The molecule has 0 amide bonds. The van der Waals surface area contributed by atoms with Crippen molar-refractivity contribution in [1.82, 2.24) is 4.57 Å². The van der Waals surface area contributed by atoms with Crippen LogP contribution in [0.5, 0.6) is 0 Å². The molecule has 2 N–H and O–H groups in total. The minimum absolute atomic E-state index is 0.0423. The molecule has 3 nitrogen and oxygen atoms in total. The Kier molecular flexibility index (Phi) is 3.76. The average molecular weight is 358 g/mol. The highest BCUT2D eigenvalue weighted by Crippen LogP contribution is 2.37. The molecule has 1 aromatic carbocycles. The molecular weight excluding hydrogens is 347 g/mol. The summed E-state index contributed by atoms with van der Waals surface area (Å²) in [5.74, 6) is 0.142. The normalized spacial score (nSPS) is 11.5. The molecule has 0 spiro atoms. The van der Waals surface area contributed by atoms with E-state index in [0.717, 1.165) is 6.07 Å². The molecule has 2 aromatic rings. The van der Waals surface area contributed by atoms with Gasteiger partial charge >= 0.3 is 6.18 Å². The summed E-state index contributed by atoms with van der Waals surface area (Å²) in [6.07, 6.45) is -4.47. The van der Waals surface area contributed by atoms with E-state index in [4.69, 9.17) is 11.0 Å². The van der Waals surface area contributed by atoms with E-state index in [1.165, 1.54) is 16.7 Å². The number of nitrogens with zero attached hydrogens (tertiary/aromatic N) is 2. The van der Waals surface area contributed by atoms with Crippen LogP contribution in [0.4, 0.5) is 19.0 Å². The Morgan fingerprint density at radius 1 is 1.29 bits per heavy atom. The third-order valence-corrected chi connectivity index (χ3v) is 4.07. The van der Waals surface area contributed by atoms with Crippen LogP contribution in [0.3, 0.4) is 0 Å². The van der Waals surface area contributed by atoms with Crippen LogP contribution in [0, 0.1) is 25.2 Å². The number of nitrogens with two attached hydrogens (primary N) is 1. The van der Waals surface area contributed by atoms with E-state index >= 15 is 0 Å². The van der Waals surface area contributed by atoms with Crippen molar-refractivity contribution in [2.45, 2.75) is 20.0 Å². The maximum absolute atomic E-state index is 13.0. The van der Waals surface area contributed by atoms with Crippen LogP contribution >= 0.6 is 15.9 Å². The zero-order valence-electron chi connectivity index (χ0n) is 11.2. The van der Waals surface area contributed by atoms with E-state index < -0.39 is 11.7 Å². The molecule has 0 aliphatic heterocycles. The van der Waals surface area contributed by atoms with Gasteiger partial charge < -0.3 is 5.73 Å². The molecule has 0 saturated carbocycles. The number of hydrogen-bond acceptors (Lipinski definition) is 2. The van der Waals surface area contributed by atoms with Gasteiger partial charge in [0.25, 0.3) is 0 Å². The molecular formula is C14H11BrF3N3. The van der Waals surface area contributed by atoms with Crippen LogP contribution in [0.1, 0.15) is 22.4 Å². The fourth-order valence-corrected chi connectivity index (χ4v) is 2.65.